The highest BCUT2D eigenvalue weighted by Gasteiger charge is 2.44. The number of unbranched alkanes of at least 4 members (excludes halogenated alkanes) is 3. The van der Waals surface area contributed by atoms with Gasteiger partial charge in [0.25, 0.3) is 17.4 Å². The van der Waals surface area contributed by atoms with Crippen molar-refractivity contribution in [1.29, 1.82) is 0 Å². The number of nitrogens with one attached hydrogen (secondary N) is 3. The number of hydrogen-bond acceptors (Lipinski definition) is 12. The summed E-state index contributed by atoms with van der Waals surface area (Å²) in [6, 6.07) is 15.7. The molecule has 0 spiro atoms. The molecule has 16 heteroatoms. The van der Waals surface area contributed by atoms with Crippen molar-refractivity contribution < 1.29 is 24.3 Å². The molecule has 4 N–H and O–H groups in total. The highest BCUT2D eigenvalue weighted by molar-refractivity contribution is 6.23. The summed E-state index contributed by atoms with van der Waals surface area (Å²) in [7, 11) is 0. The van der Waals surface area contributed by atoms with Crippen LogP contribution < -0.4 is 21.5 Å². The molecule has 3 aliphatic heterocycles. The number of aromatic nitrogens is 5. The Labute approximate surface area is 346 Å². The summed E-state index contributed by atoms with van der Waals surface area (Å²) < 4.78 is 3.15. The minimum Gasteiger partial charge on any atom is -0.385 e. The zero-order valence-corrected chi connectivity index (χ0v) is 33.7. The number of carbonyl (C=O) groups is 4. The van der Waals surface area contributed by atoms with Crippen LogP contribution in [0, 0.1) is 0 Å². The molecule has 0 bridgehead atoms. The number of carbonyl (C=O) groups excluding carboxylic acids is 4. The van der Waals surface area contributed by atoms with Crippen LogP contribution in [0.4, 0.5) is 17.3 Å². The van der Waals surface area contributed by atoms with Crippen LogP contribution in [0.2, 0.25) is 0 Å². The van der Waals surface area contributed by atoms with Crippen molar-refractivity contribution in [2.24, 2.45) is 0 Å². The van der Waals surface area contributed by atoms with Crippen LogP contribution >= 0.6 is 0 Å². The first kappa shape index (κ1) is 40.3. The summed E-state index contributed by atoms with van der Waals surface area (Å²) in [6.07, 6.45) is 8.44. The monoisotopic (exact) mass is 812 g/mol. The summed E-state index contributed by atoms with van der Waals surface area (Å²) in [5, 5.41) is 19.9. The number of anilines is 3. The highest BCUT2D eigenvalue weighted by Crippen LogP contribution is 2.30. The molecule has 1 atom stereocenters. The quantitative estimate of drug-likeness (QED) is 0.0655. The molecule has 4 amide bonds. The molecule has 1 saturated heterocycles. The number of allylic oxidation sites excluding steroid dienone is 1. The van der Waals surface area contributed by atoms with E-state index in [9.17, 15) is 29.1 Å². The zero-order chi connectivity index (χ0) is 42.1. The number of imide groups is 2. The molecular weight excluding hydrogens is 765 g/mol. The molecule has 6 heterocycles. The van der Waals surface area contributed by atoms with E-state index in [0.717, 1.165) is 68.0 Å². The van der Waals surface area contributed by atoms with Crippen molar-refractivity contribution in [2.45, 2.75) is 83.5 Å². The lowest BCUT2D eigenvalue weighted by atomic mass is 9.98. The number of benzene rings is 2. The Hall–Kier alpha value is -6.52. The van der Waals surface area contributed by atoms with Crippen molar-refractivity contribution in [1.82, 2.24) is 39.4 Å². The van der Waals surface area contributed by atoms with Crippen LogP contribution in [0.5, 0.6) is 0 Å². The molecule has 0 radical (unpaired) electrons. The lowest BCUT2D eigenvalue weighted by Crippen LogP contribution is -2.54. The van der Waals surface area contributed by atoms with Gasteiger partial charge in [-0.1, -0.05) is 31.1 Å². The van der Waals surface area contributed by atoms with Gasteiger partial charge in [0.1, 0.15) is 17.0 Å². The number of aliphatic hydroxyl groups is 1. The normalized spacial score (nSPS) is 16.9. The molecule has 0 saturated carbocycles. The van der Waals surface area contributed by atoms with Gasteiger partial charge in [0, 0.05) is 43.6 Å². The second-order valence-corrected chi connectivity index (χ2v) is 16.0. The van der Waals surface area contributed by atoms with Crippen molar-refractivity contribution in [3.63, 3.8) is 0 Å². The number of nitrogens with zero attached hydrogens (tertiary/aromatic N) is 7. The van der Waals surface area contributed by atoms with E-state index in [2.05, 4.69) is 49.5 Å². The number of pyridine rings is 1. The number of fused-ring (bicyclic) bond motifs is 3. The Bertz CT molecular complexity index is 2590. The predicted octanol–water partition coefficient (Wildman–Crippen LogP) is 4.57. The molecule has 3 aromatic heterocycles. The van der Waals surface area contributed by atoms with E-state index in [1.807, 2.05) is 6.07 Å². The molecule has 3 aliphatic rings. The van der Waals surface area contributed by atoms with Crippen molar-refractivity contribution in [2.75, 3.05) is 30.3 Å². The van der Waals surface area contributed by atoms with Gasteiger partial charge in [-0.15, -0.1) is 6.58 Å². The zero-order valence-electron chi connectivity index (χ0n) is 33.7. The summed E-state index contributed by atoms with van der Waals surface area (Å²) in [5.41, 5.74) is 4.06. The van der Waals surface area contributed by atoms with Crippen LogP contribution in [0.25, 0.3) is 16.9 Å². The molecule has 8 rings (SSSR count). The van der Waals surface area contributed by atoms with Crippen LogP contribution in [0.3, 0.4) is 0 Å². The standard InChI is InChI=1S/C44H48N10O6/c1-4-20-52-40(57)33-25-46-43(50-38(33)54(52)36-11-9-10-35(48-36)44(2,3)60)47-30-13-12-27-18-22-51(26-28(27)23-30)21-8-6-5-7-19-45-29-14-15-31-32(24-29)42(59)53(41(31)58)34-16-17-37(55)49-39(34)56/h4,9-15,23-25,34,45,60H,1,5-8,16-22,26H2,2-3H3,(H,46,47,50)(H,49,55,56). The first-order valence-electron chi connectivity index (χ1n) is 20.4. The van der Waals surface area contributed by atoms with Crippen molar-refractivity contribution in [3.05, 3.63) is 112 Å². The van der Waals surface area contributed by atoms with E-state index in [0.29, 0.717) is 35.0 Å². The number of hydrogen-bond donors (Lipinski definition) is 4. The summed E-state index contributed by atoms with van der Waals surface area (Å²) >= 11 is 0. The molecule has 16 nitrogen and oxygen atoms in total. The largest absolute Gasteiger partial charge is 0.385 e. The van der Waals surface area contributed by atoms with Gasteiger partial charge in [-0.25, -0.2) is 19.3 Å². The minimum atomic E-state index is -1.18. The van der Waals surface area contributed by atoms with Crippen LogP contribution in [0.15, 0.2) is 78.2 Å². The smallest absolute Gasteiger partial charge is 0.278 e. The van der Waals surface area contributed by atoms with Crippen molar-refractivity contribution in [3.8, 4) is 5.82 Å². The van der Waals surface area contributed by atoms with E-state index >= 15 is 0 Å². The third-order valence-corrected chi connectivity index (χ3v) is 11.3. The first-order valence-corrected chi connectivity index (χ1v) is 20.4. The topological polar surface area (TPSA) is 197 Å². The predicted molar refractivity (Wildman–Crippen MR) is 225 cm³/mol. The van der Waals surface area contributed by atoms with Gasteiger partial charge in [-0.05, 0) is 99.7 Å². The number of rotatable bonds is 15. The second kappa shape index (κ2) is 16.6. The second-order valence-electron chi connectivity index (χ2n) is 16.0. The average molecular weight is 813 g/mol. The van der Waals surface area contributed by atoms with Crippen LogP contribution in [-0.2, 0) is 34.7 Å². The first-order chi connectivity index (χ1) is 28.9. The van der Waals surface area contributed by atoms with Gasteiger partial charge < -0.3 is 15.7 Å². The number of piperidine rings is 1. The summed E-state index contributed by atoms with van der Waals surface area (Å²) in [5.74, 6) is -1.27. The van der Waals surface area contributed by atoms with E-state index in [4.69, 9.17) is 4.98 Å². The molecule has 2 aromatic carbocycles. The highest BCUT2D eigenvalue weighted by atomic mass is 16.3. The van der Waals surface area contributed by atoms with E-state index in [1.54, 1.807) is 61.0 Å². The average Bonchev–Trinajstić information content (AvgIpc) is 3.64. The Morgan fingerprint density at radius 2 is 1.72 bits per heavy atom. The van der Waals surface area contributed by atoms with Crippen molar-refractivity contribution >= 4 is 52.0 Å². The Morgan fingerprint density at radius 3 is 2.52 bits per heavy atom. The molecule has 5 aromatic rings. The SMILES string of the molecule is C=CCn1c(=O)c2cnc(Nc3ccc4c(c3)CN(CCCCCCNc3ccc5c(c3)C(=O)N(C3CCC(=O)NC3=O)C5=O)CC4)nc2n1-c1cccc(C(C)(C)O)n1. The third kappa shape index (κ3) is 8.07. The fourth-order valence-electron chi connectivity index (χ4n) is 8.13. The van der Waals surface area contributed by atoms with E-state index in [1.165, 1.54) is 22.0 Å². The van der Waals surface area contributed by atoms with Gasteiger partial charge in [0.05, 0.1) is 23.4 Å². The fourth-order valence-corrected chi connectivity index (χ4v) is 8.13. The molecular formula is C44H48N10O6. The lowest BCUT2D eigenvalue weighted by molar-refractivity contribution is -0.136. The maximum Gasteiger partial charge on any atom is 0.278 e. The lowest BCUT2D eigenvalue weighted by Gasteiger charge is -2.29. The fraction of sp³-hybridized carbons (Fsp3) is 0.364. The third-order valence-electron chi connectivity index (χ3n) is 11.3. The van der Waals surface area contributed by atoms with Gasteiger partial charge in [0.15, 0.2) is 11.5 Å². The molecule has 310 valence electrons. The van der Waals surface area contributed by atoms with E-state index in [-0.39, 0.29) is 36.1 Å². The Balaban J connectivity index is 0.834. The minimum absolute atomic E-state index is 0.0828. The number of amides is 4. The molecule has 1 fully saturated rings. The summed E-state index contributed by atoms with van der Waals surface area (Å²) in [4.78, 5) is 80.9. The Kier molecular flexibility index (Phi) is 11.2. The van der Waals surface area contributed by atoms with Gasteiger partial charge in [-0.3, -0.25) is 39.1 Å². The summed E-state index contributed by atoms with van der Waals surface area (Å²) in [6.45, 7) is 10.9. The molecule has 60 heavy (non-hydrogen) atoms. The molecule has 1 unspecified atom stereocenters. The maximum atomic E-state index is 13.4. The van der Waals surface area contributed by atoms with Crippen LogP contribution in [-0.4, -0.2) is 88.5 Å². The molecule has 0 aliphatic carbocycles. The maximum absolute atomic E-state index is 13.4. The van der Waals surface area contributed by atoms with Gasteiger partial charge >= 0.3 is 0 Å². The van der Waals surface area contributed by atoms with Gasteiger partial charge in [0.2, 0.25) is 17.8 Å². The van der Waals surface area contributed by atoms with Crippen LogP contribution in [0.1, 0.15) is 89.9 Å². The Morgan fingerprint density at radius 1 is 0.917 bits per heavy atom. The van der Waals surface area contributed by atoms with E-state index < -0.39 is 35.3 Å². The van der Waals surface area contributed by atoms with Gasteiger partial charge in [-0.2, -0.15) is 4.98 Å².